The van der Waals surface area contributed by atoms with E-state index in [2.05, 4.69) is 39.6 Å². The minimum atomic E-state index is -1.32. The van der Waals surface area contributed by atoms with E-state index in [1.165, 1.54) is 6.42 Å². The Morgan fingerprint density at radius 1 is 1.25 bits per heavy atom. The molecular formula is C13H29NOSi. The third kappa shape index (κ3) is 3.08. The lowest BCUT2D eigenvalue weighted by molar-refractivity contribution is 0.152. The predicted octanol–water partition coefficient (Wildman–Crippen LogP) is 3.00. The second kappa shape index (κ2) is 5.65. The van der Waals surface area contributed by atoms with E-state index in [-0.39, 0.29) is 6.10 Å². The van der Waals surface area contributed by atoms with Gasteiger partial charge in [0.1, 0.15) is 0 Å². The summed E-state index contributed by atoms with van der Waals surface area (Å²) in [4.78, 5) is 0. The molecule has 16 heavy (non-hydrogen) atoms. The Morgan fingerprint density at radius 2 is 1.81 bits per heavy atom. The molecule has 0 aliphatic carbocycles. The maximum absolute atomic E-state index is 10.4. The first kappa shape index (κ1) is 14.2. The molecule has 96 valence electrons. The number of aliphatic hydroxyl groups is 1. The monoisotopic (exact) mass is 243 g/mol. The van der Waals surface area contributed by atoms with Gasteiger partial charge in [-0.3, -0.25) is 0 Å². The zero-order chi connectivity index (χ0) is 12.3. The van der Waals surface area contributed by atoms with Gasteiger partial charge in [-0.25, -0.2) is 0 Å². The Kier molecular flexibility index (Phi) is 5.01. The van der Waals surface area contributed by atoms with Gasteiger partial charge >= 0.3 is 0 Å². The first-order chi connectivity index (χ1) is 7.38. The van der Waals surface area contributed by atoms with E-state index < -0.39 is 8.07 Å². The van der Waals surface area contributed by atoms with Crippen LogP contribution in [0.3, 0.4) is 0 Å². The Hall–Kier alpha value is 0.137. The number of rotatable bonds is 5. The molecule has 0 aromatic heterocycles. The van der Waals surface area contributed by atoms with Gasteiger partial charge in [0.05, 0.1) is 14.2 Å². The molecule has 0 aromatic rings. The molecule has 0 amide bonds. The van der Waals surface area contributed by atoms with E-state index in [1.807, 2.05) is 0 Å². The highest BCUT2D eigenvalue weighted by Gasteiger charge is 2.38. The van der Waals surface area contributed by atoms with E-state index in [1.54, 1.807) is 0 Å². The number of hydrogen-bond donors (Lipinski definition) is 2. The molecule has 0 bridgehead atoms. The van der Waals surface area contributed by atoms with Gasteiger partial charge in [-0.15, -0.1) is 0 Å². The summed E-state index contributed by atoms with van der Waals surface area (Å²) in [6.07, 6.45) is 2.26. The summed E-state index contributed by atoms with van der Waals surface area (Å²) in [7, 11) is -1.32. The van der Waals surface area contributed by atoms with Gasteiger partial charge in [0, 0.05) is 6.04 Å². The third-order valence-electron chi connectivity index (χ3n) is 4.85. The van der Waals surface area contributed by atoms with Crippen molar-refractivity contribution in [3.8, 4) is 0 Å². The van der Waals surface area contributed by atoms with E-state index in [0.29, 0.717) is 6.04 Å². The van der Waals surface area contributed by atoms with Crippen LogP contribution >= 0.6 is 0 Å². The second-order valence-electron chi connectivity index (χ2n) is 6.29. The predicted molar refractivity (Wildman–Crippen MR) is 73.7 cm³/mol. The fourth-order valence-electron chi connectivity index (χ4n) is 2.77. The fourth-order valence-corrected chi connectivity index (χ4v) is 6.23. The summed E-state index contributed by atoms with van der Waals surface area (Å²) in [6.45, 7) is 12.9. The van der Waals surface area contributed by atoms with Crippen LogP contribution in [0.2, 0.25) is 23.7 Å². The molecule has 2 nitrogen and oxygen atoms in total. The molecule has 1 aliphatic rings. The van der Waals surface area contributed by atoms with Crippen LogP contribution < -0.4 is 5.32 Å². The summed E-state index contributed by atoms with van der Waals surface area (Å²) in [5, 5.41) is 13.8. The van der Waals surface area contributed by atoms with Crippen LogP contribution in [0.25, 0.3) is 0 Å². The van der Waals surface area contributed by atoms with E-state index >= 15 is 0 Å². The molecular weight excluding hydrogens is 214 g/mol. The molecule has 0 spiro atoms. The fraction of sp³-hybridized carbons (Fsp3) is 1.00. The topological polar surface area (TPSA) is 32.3 Å². The van der Waals surface area contributed by atoms with Crippen molar-refractivity contribution in [2.45, 2.75) is 76.4 Å². The van der Waals surface area contributed by atoms with Crippen molar-refractivity contribution in [3.05, 3.63) is 0 Å². The van der Waals surface area contributed by atoms with Gasteiger partial charge in [-0.2, -0.15) is 0 Å². The molecule has 3 heteroatoms. The van der Waals surface area contributed by atoms with Crippen LogP contribution in [0.1, 0.15) is 40.5 Å². The van der Waals surface area contributed by atoms with Crippen LogP contribution in [0, 0.1) is 0 Å². The Bertz CT molecular complexity index is 204. The van der Waals surface area contributed by atoms with Crippen molar-refractivity contribution in [1.82, 2.24) is 5.32 Å². The Labute approximate surface area is 102 Å². The van der Waals surface area contributed by atoms with Crippen LogP contribution in [-0.2, 0) is 0 Å². The van der Waals surface area contributed by atoms with Crippen molar-refractivity contribution >= 4 is 8.07 Å². The summed E-state index contributed by atoms with van der Waals surface area (Å²) >= 11 is 0. The summed E-state index contributed by atoms with van der Waals surface area (Å²) < 4.78 is 0. The second-order valence-corrected chi connectivity index (χ2v) is 12.0. The average Bonchev–Trinajstić information content (AvgIpc) is 2.69. The molecule has 2 N–H and O–H groups in total. The van der Waals surface area contributed by atoms with Gasteiger partial charge in [-0.1, -0.05) is 45.3 Å². The molecule has 1 heterocycles. The van der Waals surface area contributed by atoms with Gasteiger partial charge in [0.2, 0.25) is 0 Å². The summed E-state index contributed by atoms with van der Waals surface area (Å²) in [5.41, 5.74) is 1.51. The van der Waals surface area contributed by atoms with Crippen LogP contribution in [-0.4, -0.2) is 31.9 Å². The molecule has 0 saturated carbocycles. The zero-order valence-corrected chi connectivity index (χ0v) is 12.6. The lowest BCUT2D eigenvalue weighted by Gasteiger charge is -2.38. The average molecular weight is 243 g/mol. The highest BCUT2D eigenvalue weighted by molar-refractivity contribution is 6.81. The molecule has 1 fully saturated rings. The zero-order valence-electron chi connectivity index (χ0n) is 11.6. The highest BCUT2D eigenvalue weighted by atomic mass is 28.3. The van der Waals surface area contributed by atoms with Crippen LogP contribution in [0.4, 0.5) is 0 Å². The first-order valence-corrected chi connectivity index (χ1v) is 9.65. The molecule has 2 atom stereocenters. The minimum absolute atomic E-state index is 0.121. The SMILES string of the molecule is CC(C)[Si](C)(C[C@@H](O)[C@@H]1CCCN1)C(C)C. The molecule has 0 radical (unpaired) electrons. The molecule has 0 unspecified atom stereocenters. The smallest absolute Gasteiger partial charge is 0.0670 e. The van der Waals surface area contributed by atoms with E-state index in [4.69, 9.17) is 0 Å². The van der Waals surface area contributed by atoms with Gasteiger partial charge in [0.25, 0.3) is 0 Å². The van der Waals surface area contributed by atoms with Crippen molar-refractivity contribution in [2.24, 2.45) is 0 Å². The maximum Gasteiger partial charge on any atom is 0.0670 e. The van der Waals surface area contributed by atoms with Crippen LogP contribution in [0.15, 0.2) is 0 Å². The van der Waals surface area contributed by atoms with E-state index in [0.717, 1.165) is 30.1 Å². The van der Waals surface area contributed by atoms with Crippen molar-refractivity contribution < 1.29 is 5.11 Å². The largest absolute Gasteiger partial charge is 0.392 e. The van der Waals surface area contributed by atoms with Gasteiger partial charge in [-0.05, 0) is 25.4 Å². The van der Waals surface area contributed by atoms with Crippen molar-refractivity contribution in [2.75, 3.05) is 6.54 Å². The number of nitrogens with one attached hydrogen (secondary N) is 1. The lowest BCUT2D eigenvalue weighted by Crippen LogP contribution is -2.46. The van der Waals surface area contributed by atoms with Crippen molar-refractivity contribution in [1.29, 1.82) is 0 Å². The number of hydrogen-bond acceptors (Lipinski definition) is 2. The quantitative estimate of drug-likeness (QED) is 0.728. The van der Waals surface area contributed by atoms with Gasteiger partial charge in [0.15, 0.2) is 0 Å². The molecule has 0 aromatic carbocycles. The summed E-state index contributed by atoms with van der Waals surface area (Å²) in [6, 6.07) is 1.42. The first-order valence-electron chi connectivity index (χ1n) is 6.79. The summed E-state index contributed by atoms with van der Waals surface area (Å²) in [5.74, 6) is 0. The Balaban J connectivity index is 2.60. The third-order valence-corrected chi connectivity index (χ3v) is 11.4. The normalized spacial score (nSPS) is 24.4. The van der Waals surface area contributed by atoms with E-state index in [9.17, 15) is 5.11 Å². The standard InChI is InChI=1S/C13H29NOSi/c1-10(2)16(5,11(3)4)9-13(15)12-7-6-8-14-12/h10-15H,6-9H2,1-5H3/t12-,13+/m0/s1. The molecule has 1 aliphatic heterocycles. The number of aliphatic hydroxyl groups excluding tert-OH is 1. The lowest BCUT2D eigenvalue weighted by atomic mass is 10.1. The molecule has 1 rings (SSSR count). The Morgan fingerprint density at radius 3 is 2.19 bits per heavy atom. The van der Waals surface area contributed by atoms with Crippen LogP contribution in [0.5, 0.6) is 0 Å². The maximum atomic E-state index is 10.4. The minimum Gasteiger partial charge on any atom is -0.392 e. The highest BCUT2D eigenvalue weighted by Crippen LogP contribution is 2.37. The van der Waals surface area contributed by atoms with Crippen molar-refractivity contribution in [3.63, 3.8) is 0 Å². The van der Waals surface area contributed by atoms with Gasteiger partial charge < -0.3 is 10.4 Å². The molecule has 1 saturated heterocycles.